The van der Waals surface area contributed by atoms with Crippen molar-refractivity contribution >= 4 is 17.4 Å². The topological polar surface area (TPSA) is 70.7 Å². The summed E-state index contributed by atoms with van der Waals surface area (Å²) in [6.45, 7) is 8.94. The molecule has 1 N–H and O–H groups in total. The van der Waals surface area contributed by atoms with Crippen LogP contribution in [0.5, 0.6) is 0 Å². The fourth-order valence-electron chi connectivity index (χ4n) is 3.44. The average Bonchev–Trinajstić information content (AvgIpc) is 2.90. The number of nitrogens with zero attached hydrogens (tertiary/aromatic N) is 4. The quantitative estimate of drug-likeness (QED) is 0.755. The van der Waals surface area contributed by atoms with Crippen molar-refractivity contribution in [2.24, 2.45) is 0 Å². The molecule has 6 heteroatoms. The predicted molar refractivity (Wildman–Crippen MR) is 103 cm³/mol. The van der Waals surface area contributed by atoms with Gasteiger partial charge in [0.25, 0.3) is 0 Å². The molecule has 3 rings (SSSR count). The molecular weight excluding hydrogens is 328 g/mol. The fourth-order valence-corrected chi connectivity index (χ4v) is 3.44. The smallest absolute Gasteiger partial charge is 0.354 e. The van der Waals surface area contributed by atoms with Crippen molar-refractivity contribution < 1.29 is 9.90 Å². The molecule has 1 aromatic carbocycles. The lowest BCUT2D eigenvalue weighted by Crippen LogP contribution is -2.22. The molecule has 136 valence electrons. The lowest BCUT2D eigenvalue weighted by molar-refractivity contribution is 0.0690. The van der Waals surface area contributed by atoms with Crippen molar-refractivity contribution in [2.75, 3.05) is 18.5 Å². The van der Waals surface area contributed by atoms with E-state index in [1.54, 1.807) is 10.6 Å². The molecule has 3 aromatic rings. The molecule has 0 fully saturated rings. The van der Waals surface area contributed by atoms with E-state index in [4.69, 9.17) is 5.10 Å². The number of fused-ring (bicyclic) bond motifs is 1. The van der Waals surface area contributed by atoms with Gasteiger partial charge in [-0.2, -0.15) is 9.61 Å². The Morgan fingerprint density at radius 1 is 1.19 bits per heavy atom. The summed E-state index contributed by atoms with van der Waals surface area (Å²) in [6, 6.07) is 7.71. The maximum absolute atomic E-state index is 11.7. The second-order valence-corrected chi connectivity index (χ2v) is 6.69. The predicted octanol–water partition coefficient (Wildman–Crippen LogP) is 3.87. The van der Waals surface area contributed by atoms with Gasteiger partial charge >= 0.3 is 5.97 Å². The van der Waals surface area contributed by atoms with E-state index in [0.29, 0.717) is 5.65 Å². The molecule has 0 saturated carbocycles. The first-order chi connectivity index (χ1) is 12.3. The van der Waals surface area contributed by atoms with Gasteiger partial charge in [-0.3, -0.25) is 0 Å². The number of aromatic carboxylic acids is 1. The van der Waals surface area contributed by atoms with Gasteiger partial charge in [-0.05, 0) is 43.9 Å². The zero-order valence-corrected chi connectivity index (χ0v) is 15.9. The standard InChI is InChI=1S/C20H24N4O2/c1-6-10-23(5)16-11-15(20(25)26)21-19-18(14(4)22-24(16)19)17-12(2)8-7-9-13(17)3/h7-9,11H,6,10H2,1-5H3,(H,25,26). The van der Waals surface area contributed by atoms with E-state index in [2.05, 4.69) is 37.9 Å². The number of hydrogen-bond acceptors (Lipinski definition) is 4. The second kappa shape index (κ2) is 6.78. The molecule has 2 heterocycles. The van der Waals surface area contributed by atoms with Crippen LogP contribution in [0.4, 0.5) is 5.82 Å². The fraction of sp³-hybridized carbons (Fsp3) is 0.350. The van der Waals surface area contributed by atoms with Crippen molar-refractivity contribution in [3.05, 3.63) is 46.8 Å². The highest BCUT2D eigenvalue weighted by Crippen LogP contribution is 2.34. The molecule has 26 heavy (non-hydrogen) atoms. The van der Waals surface area contributed by atoms with E-state index >= 15 is 0 Å². The van der Waals surface area contributed by atoms with Crippen molar-refractivity contribution in [3.8, 4) is 11.1 Å². The van der Waals surface area contributed by atoms with Crippen LogP contribution >= 0.6 is 0 Å². The molecule has 0 aliphatic rings. The lowest BCUT2D eigenvalue weighted by atomic mass is 9.96. The first-order valence-corrected chi connectivity index (χ1v) is 8.76. The summed E-state index contributed by atoms with van der Waals surface area (Å²) in [6.07, 6.45) is 0.951. The maximum atomic E-state index is 11.7. The minimum Gasteiger partial charge on any atom is -0.477 e. The van der Waals surface area contributed by atoms with E-state index in [1.807, 2.05) is 24.9 Å². The van der Waals surface area contributed by atoms with E-state index in [0.717, 1.165) is 46.7 Å². The summed E-state index contributed by atoms with van der Waals surface area (Å²) >= 11 is 0. The highest BCUT2D eigenvalue weighted by atomic mass is 16.4. The van der Waals surface area contributed by atoms with Crippen LogP contribution in [-0.4, -0.2) is 39.3 Å². The number of aryl methyl sites for hydroxylation is 3. The zero-order valence-electron chi connectivity index (χ0n) is 15.9. The normalized spacial score (nSPS) is 11.1. The van der Waals surface area contributed by atoms with Crippen molar-refractivity contribution in [3.63, 3.8) is 0 Å². The van der Waals surface area contributed by atoms with Gasteiger partial charge in [0.15, 0.2) is 11.3 Å². The molecule has 0 radical (unpaired) electrons. The molecule has 0 saturated heterocycles. The van der Waals surface area contributed by atoms with Crippen LogP contribution in [-0.2, 0) is 0 Å². The first kappa shape index (κ1) is 17.9. The number of carbonyl (C=O) groups is 1. The van der Waals surface area contributed by atoms with Gasteiger partial charge in [0.2, 0.25) is 0 Å². The van der Waals surface area contributed by atoms with E-state index in [1.165, 1.54) is 0 Å². The lowest BCUT2D eigenvalue weighted by Gasteiger charge is -2.19. The van der Waals surface area contributed by atoms with Crippen molar-refractivity contribution in [1.29, 1.82) is 0 Å². The summed E-state index contributed by atoms with van der Waals surface area (Å²) in [7, 11) is 1.94. The third-order valence-electron chi connectivity index (χ3n) is 4.65. The Hall–Kier alpha value is -2.89. The van der Waals surface area contributed by atoms with Gasteiger partial charge < -0.3 is 10.0 Å². The Kier molecular flexibility index (Phi) is 4.68. The molecule has 0 aliphatic heterocycles. The van der Waals surface area contributed by atoms with Crippen LogP contribution in [0.25, 0.3) is 16.8 Å². The van der Waals surface area contributed by atoms with Gasteiger partial charge in [0.1, 0.15) is 5.82 Å². The largest absolute Gasteiger partial charge is 0.477 e. The van der Waals surface area contributed by atoms with Crippen molar-refractivity contribution in [1.82, 2.24) is 14.6 Å². The maximum Gasteiger partial charge on any atom is 0.354 e. The highest BCUT2D eigenvalue weighted by molar-refractivity contribution is 5.90. The Bertz CT molecular complexity index is 971. The minimum absolute atomic E-state index is 0.0304. The van der Waals surface area contributed by atoms with Crippen molar-refractivity contribution in [2.45, 2.75) is 34.1 Å². The monoisotopic (exact) mass is 352 g/mol. The van der Waals surface area contributed by atoms with Crippen LogP contribution in [0.1, 0.15) is 40.7 Å². The third kappa shape index (κ3) is 2.92. The minimum atomic E-state index is -1.04. The molecule has 0 atom stereocenters. The number of aromatic nitrogens is 3. The summed E-state index contributed by atoms with van der Waals surface area (Å²) in [5.41, 5.74) is 5.65. The Balaban J connectivity index is 2.39. The van der Waals surface area contributed by atoms with Gasteiger partial charge in [0, 0.05) is 19.7 Å². The molecule has 0 unspecified atom stereocenters. The molecular formula is C20H24N4O2. The summed E-state index contributed by atoms with van der Waals surface area (Å²) in [4.78, 5) is 18.1. The van der Waals surface area contributed by atoms with Crippen LogP contribution in [0.15, 0.2) is 24.3 Å². The summed E-state index contributed by atoms with van der Waals surface area (Å²) < 4.78 is 1.76. The van der Waals surface area contributed by atoms with E-state index in [-0.39, 0.29) is 5.69 Å². The molecule has 6 nitrogen and oxygen atoms in total. The molecule has 0 amide bonds. The first-order valence-electron chi connectivity index (χ1n) is 8.76. The van der Waals surface area contributed by atoms with Crippen LogP contribution < -0.4 is 4.90 Å². The van der Waals surface area contributed by atoms with Gasteiger partial charge in [-0.1, -0.05) is 25.1 Å². The number of benzene rings is 1. The Labute approximate surface area is 153 Å². The summed E-state index contributed by atoms with van der Waals surface area (Å²) in [5, 5.41) is 14.2. The number of rotatable bonds is 5. The van der Waals surface area contributed by atoms with E-state index < -0.39 is 5.97 Å². The molecule has 0 bridgehead atoms. The zero-order chi connectivity index (χ0) is 19.0. The van der Waals surface area contributed by atoms with Gasteiger partial charge in [-0.15, -0.1) is 0 Å². The van der Waals surface area contributed by atoms with Crippen LogP contribution in [0.2, 0.25) is 0 Å². The van der Waals surface area contributed by atoms with E-state index in [9.17, 15) is 9.90 Å². The van der Waals surface area contributed by atoms with Crippen LogP contribution in [0, 0.1) is 20.8 Å². The second-order valence-electron chi connectivity index (χ2n) is 6.69. The molecule has 0 spiro atoms. The molecule has 0 aliphatic carbocycles. The number of carboxylic acids is 1. The third-order valence-corrected chi connectivity index (χ3v) is 4.65. The van der Waals surface area contributed by atoms with Crippen LogP contribution in [0.3, 0.4) is 0 Å². The Morgan fingerprint density at radius 3 is 2.42 bits per heavy atom. The molecule has 2 aromatic heterocycles. The number of carboxylic acid groups (broad SMARTS) is 1. The van der Waals surface area contributed by atoms with Gasteiger partial charge in [-0.25, -0.2) is 9.78 Å². The number of anilines is 1. The van der Waals surface area contributed by atoms with Gasteiger partial charge in [0.05, 0.1) is 11.3 Å². The SMILES string of the molecule is CCCN(C)c1cc(C(=O)O)nc2c(-c3c(C)cccc3C)c(C)nn12. The average molecular weight is 352 g/mol. The summed E-state index contributed by atoms with van der Waals surface area (Å²) in [5.74, 6) is -0.306. The Morgan fingerprint density at radius 2 is 1.85 bits per heavy atom. The number of hydrogen-bond donors (Lipinski definition) is 1. The highest BCUT2D eigenvalue weighted by Gasteiger charge is 2.22.